The van der Waals surface area contributed by atoms with Gasteiger partial charge in [-0.05, 0) is 31.8 Å². The lowest BCUT2D eigenvalue weighted by atomic mass is 9.90. The van der Waals surface area contributed by atoms with Crippen molar-refractivity contribution in [3.8, 4) is 0 Å². The predicted molar refractivity (Wildman–Crippen MR) is 93.3 cm³/mol. The van der Waals surface area contributed by atoms with Crippen LogP contribution in [0.5, 0.6) is 0 Å². The van der Waals surface area contributed by atoms with Crippen LogP contribution >= 0.6 is 0 Å². The Morgan fingerprint density at radius 3 is 2.88 bits per heavy atom. The molecule has 2 rings (SSSR count). The van der Waals surface area contributed by atoms with E-state index in [4.69, 9.17) is 4.74 Å². The minimum absolute atomic E-state index is 0.121. The summed E-state index contributed by atoms with van der Waals surface area (Å²) < 4.78 is 5.55. The molecule has 0 amide bonds. The fraction of sp³-hybridized carbons (Fsp3) is 0.600. The fourth-order valence-electron chi connectivity index (χ4n) is 3.30. The highest BCUT2D eigenvalue weighted by molar-refractivity contribution is 5.84. The van der Waals surface area contributed by atoms with Gasteiger partial charge in [0.25, 0.3) is 0 Å². The molecule has 0 saturated heterocycles. The van der Waals surface area contributed by atoms with Crippen molar-refractivity contribution >= 4 is 11.8 Å². The Morgan fingerprint density at radius 2 is 2.08 bits per heavy atom. The van der Waals surface area contributed by atoms with Crippen molar-refractivity contribution in [3.05, 3.63) is 36.5 Å². The van der Waals surface area contributed by atoms with Crippen molar-refractivity contribution in [2.75, 3.05) is 0 Å². The third-order valence-electron chi connectivity index (χ3n) is 4.64. The van der Waals surface area contributed by atoms with Gasteiger partial charge in [-0.25, -0.2) is 0 Å². The molecule has 1 aliphatic heterocycles. The van der Waals surface area contributed by atoms with Gasteiger partial charge in [-0.1, -0.05) is 37.3 Å². The molecule has 2 aliphatic rings. The number of Topliss-reactive ketones (excluding diaryl/α,β-unsaturated/α-hetero) is 1. The normalized spacial score (nSPS) is 32.1. The molecule has 0 spiro atoms. The zero-order valence-corrected chi connectivity index (χ0v) is 14.4. The van der Waals surface area contributed by atoms with Crippen LogP contribution in [0, 0.1) is 11.8 Å². The summed E-state index contributed by atoms with van der Waals surface area (Å²) in [6, 6.07) is 0. The van der Waals surface area contributed by atoms with Gasteiger partial charge in [-0.3, -0.25) is 9.59 Å². The largest absolute Gasteiger partial charge is 0.458 e. The van der Waals surface area contributed by atoms with E-state index in [2.05, 4.69) is 6.92 Å². The summed E-state index contributed by atoms with van der Waals surface area (Å²) in [6.07, 6.45) is 15.2. The number of allylic oxidation sites excluding steroid dienone is 3. The zero-order valence-electron chi connectivity index (χ0n) is 14.4. The molecule has 4 nitrogen and oxygen atoms in total. The van der Waals surface area contributed by atoms with Crippen molar-refractivity contribution in [1.82, 2.24) is 0 Å². The summed E-state index contributed by atoms with van der Waals surface area (Å²) in [7, 11) is 0. The third-order valence-corrected chi connectivity index (χ3v) is 4.64. The van der Waals surface area contributed by atoms with Gasteiger partial charge in [-0.2, -0.15) is 0 Å². The molecular weight excluding hydrogens is 304 g/mol. The molecule has 0 aromatic rings. The van der Waals surface area contributed by atoms with Crippen LogP contribution in [0.3, 0.4) is 0 Å². The monoisotopic (exact) mass is 332 g/mol. The van der Waals surface area contributed by atoms with Crippen LogP contribution < -0.4 is 0 Å². The van der Waals surface area contributed by atoms with Gasteiger partial charge in [0.15, 0.2) is 0 Å². The van der Waals surface area contributed by atoms with Crippen LogP contribution in [0.25, 0.3) is 0 Å². The number of ketones is 1. The van der Waals surface area contributed by atoms with E-state index in [1.54, 1.807) is 0 Å². The Bertz CT molecular complexity index is 518. The van der Waals surface area contributed by atoms with Gasteiger partial charge < -0.3 is 9.84 Å². The molecule has 4 heteroatoms. The van der Waals surface area contributed by atoms with E-state index in [0.717, 1.165) is 19.3 Å². The van der Waals surface area contributed by atoms with Crippen molar-refractivity contribution in [2.45, 2.75) is 64.1 Å². The topological polar surface area (TPSA) is 63.6 Å². The lowest BCUT2D eigenvalue weighted by Crippen LogP contribution is -2.20. The maximum absolute atomic E-state index is 12.1. The quantitative estimate of drug-likeness (QED) is 0.634. The summed E-state index contributed by atoms with van der Waals surface area (Å²) >= 11 is 0. The number of fused-ring (bicyclic) bond motifs is 1. The van der Waals surface area contributed by atoms with Gasteiger partial charge >= 0.3 is 5.97 Å². The smallest absolute Gasteiger partial charge is 0.306 e. The Hall–Kier alpha value is -1.68. The van der Waals surface area contributed by atoms with E-state index in [9.17, 15) is 14.7 Å². The molecule has 1 saturated carbocycles. The molecule has 1 N–H and O–H groups in total. The highest BCUT2D eigenvalue weighted by Gasteiger charge is 2.39. The van der Waals surface area contributed by atoms with Crippen molar-refractivity contribution in [1.29, 1.82) is 0 Å². The number of cyclic esters (lactones) is 1. The Morgan fingerprint density at radius 1 is 1.25 bits per heavy atom. The third kappa shape index (κ3) is 5.45. The van der Waals surface area contributed by atoms with E-state index in [-0.39, 0.29) is 36.1 Å². The zero-order chi connectivity index (χ0) is 17.4. The van der Waals surface area contributed by atoms with Crippen molar-refractivity contribution in [2.24, 2.45) is 11.8 Å². The first-order valence-corrected chi connectivity index (χ1v) is 9.00. The first-order chi connectivity index (χ1) is 11.6. The molecule has 1 aliphatic carbocycles. The highest BCUT2D eigenvalue weighted by Crippen LogP contribution is 2.33. The van der Waals surface area contributed by atoms with E-state index in [1.807, 2.05) is 36.5 Å². The average Bonchev–Trinajstić information content (AvgIpc) is 2.81. The summed E-state index contributed by atoms with van der Waals surface area (Å²) in [5.41, 5.74) is 0. The van der Waals surface area contributed by atoms with E-state index in [1.165, 1.54) is 0 Å². The summed E-state index contributed by atoms with van der Waals surface area (Å²) in [4.78, 5) is 24.1. The number of aliphatic hydroxyl groups is 1. The van der Waals surface area contributed by atoms with Crippen LogP contribution in [-0.4, -0.2) is 29.1 Å². The standard InChI is InChI=1S/C20H28O4/c1-2-3-6-9-15-12-13-17-16(18(21)14-19(17)22)10-7-4-5-8-11-20(23)24-15/h3-4,6-7,12-13,15-17,19,22H,2,5,8-11,14H2,1H3. The minimum atomic E-state index is -0.639. The first-order valence-electron chi connectivity index (χ1n) is 9.00. The lowest BCUT2D eigenvalue weighted by Gasteiger charge is -2.18. The number of hydrogen-bond donors (Lipinski definition) is 1. The number of aliphatic hydroxyl groups excluding tert-OH is 1. The molecule has 132 valence electrons. The number of carbonyl (C=O) groups excluding carboxylic acids is 2. The Labute approximate surface area is 144 Å². The van der Waals surface area contributed by atoms with Crippen LogP contribution in [0.15, 0.2) is 36.5 Å². The van der Waals surface area contributed by atoms with Crippen molar-refractivity contribution in [3.63, 3.8) is 0 Å². The molecule has 0 aromatic heterocycles. The van der Waals surface area contributed by atoms with Gasteiger partial charge in [0.1, 0.15) is 11.9 Å². The second-order valence-corrected chi connectivity index (χ2v) is 6.55. The lowest BCUT2D eigenvalue weighted by molar-refractivity contribution is -0.146. The van der Waals surface area contributed by atoms with Gasteiger partial charge in [0.05, 0.1) is 6.10 Å². The second kappa shape index (κ2) is 9.58. The summed E-state index contributed by atoms with van der Waals surface area (Å²) in [5.74, 6) is -0.437. The van der Waals surface area contributed by atoms with Crippen LogP contribution in [0.4, 0.5) is 0 Å². The highest BCUT2D eigenvalue weighted by atomic mass is 16.5. The molecule has 1 heterocycles. The molecule has 0 radical (unpaired) electrons. The average molecular weight is 332 g/mol. The predicted octanol–water partition coefficient (Wildman–Crippen LogP) is 3.51. The van der Waals surface area contributed by atoms with E-state index >= 15 is 0 Å². The number of hydrogen-bond acceptors (Lipinski definition) is 4. The van der Waals surface area contributed by atoms with Gasteiger partial charge in [-0.15, -0.1) is 0 Å². The maximum atomic E-state index is 12.1. The molecule has 4 atom stereocenters. The van der Waals surface area contributed by atoms with E-state index in [0.29, 0.717) is 19.3 Å². The van der Waals surface area contributed by atoms with Crippen LogP contribution in [0.1, 0.15) is 51.9 Å². The summed E-state index contributed by atoms with van der Waals surface area (Å²) in [5, 5.41) is 10.2. The van der Waals surface area contributed by atoms with Crippen LogP contribution in [-0.2, 0) is 14.3 Å². The number of ether oxygens (including phenoxy) is 1. The van der Waals surface area contributed by atoms with E-state index < -0.39 is 6.10 Å². The maximum Gasteiger partial charge on any atom is 0.306 e. The molecule has 0 aromatic carbocycles. The van der Waals surface area contributed by atoms with Crippen molar-refractivity contribution < 1.29 is 19.4 Å². The number of rotatable bonds is 3. The SMILES string of the molecule is CCC=CCC1C=CC2C(O)CC(=O)C2CC=CCCCC(=O)O1. The van der Waals surface area contributed by atoms with Crippen LogP contribution in [0.2, 0.25) is 0 Å². The molecular formula is C20H28O4. The Balaban J connectivity index is 2.16. The first kappa shape index (κ1) is 18.7. The molecule has 0 bridgehead atoms. The molecule has 24 heavy (non-hydrogen) atoms. The Kier molecular flexibility index (Phi) is 7.44. The summed E-state index contributed by atoms with van der Waals surface area (Å²) in [6.45, 7) is 2.06. The second-order valence-electron chi connectivity index (χ2n) is 6.55. The number of carbonyl (C=O) groups is 2. The minimum Gasteiger partial charge on any atom is -0.458 e. The number of esters is 1. The van der Waals surface area contributed by atoms with Gasteiger partial charge in [0.2, 0.25) is 0 Å². The molecule has 1 fully saturated rings. The van der Waals surface area contributed by atoms with Gasteiger partial charge in [0, 0.05) is 31.1 Å². The fourth-order valence-corrected chi connectivity index (χ4v) is 3.30. The molecule has 4 unspecified atom stereocenters.